The highest BCUT2D eigenvalue weighted by atomic mass is 32.2. The smallest absolute Gasteiger partial charge is 0.294 e. The Morgan fingerprint density at radius 2 is 1.77 bits per heavy atom. The van der Waals surface area contributed by atoms with Crippen molar-refractivity contribution in [3.8, 4) is 11.3 Å². The van der Waals surface area contributed by atoms with Crippen molar-refractivity contribution < 1.29 is 13.0 Å². The summed E-state index contributed by atoms with van der Waals surface area (Å²) in [5.74, 6) is 1.08. The lowest BCUT2D eigenvalue weighted by molar-refractivity contribution is 0.483. The largest absolute Gasteiger partial charge is 0.351 e. The molecule has 0 aliphatic heterocycles. The minimum Gasteiger partial charge on any atom is -0.351 e. The Kier molecular flexibility index (Phi) is 5.77. The molecule has 2 heterocycles. The maximum absolute atomic E-state index is 11.2. The van der Waals surface area contributed by atoms with E-state index in [4.69, 9.17) is 4.55 Å². The van der Waals surface area contributed by atoms with Crippen LogP contribution in [0.1, 0.15) is 25.7 Å². The molecule has 4 N–H and O–H groups in total. The Bertz CT molecular complexity index is 1100. The van der Waals surface area contributed by atoms with Crippen LogP contribution in [0.5, 0.6) is 0 Å². The third-order valence-corrected chi connectivity index (χ3v) is 5.73. The SMILES string of the molecule is O=S(=O)(O)c1ccc(NNc2cc(-c3cccnc3)nc(NC3CCCC3)n2)cc1. The number of nitrogens with zero attached hydrogens (tertiary/aromatic N) is 3. The number of hydrogen-bond acceptors (Lipinski definition) is 8. The molecule has 30 heavy (non-hydrogen) atoms. The number of anilines is 3. The molecule has 10 heteroatoms. The average molecular weight is 427 g/mol. The third-order valence-electron chi connectivity index (χ3n) is 4.86. The number of nitrogens with one attached hydrogen (secondary N) is 3. The number of hydrazine groups is 1. The highest BCUT2D eigenvalue weighted by Crippen LogP contribution is 2.25. The molecule has 1 aliphatic rings. The molecule has 0 saturated heterocycles. The van der Waals surface area contributed by atoms with E-state index in [9.17, 15) is 8.42 Å². The molecule has 1 fully saturated rings. The minimum atomic E-state index is -4.22. The van der Waals surface area contributed by atoms with E-state index in [0.29, 0.717) is 23.5 Å². The molecule has 4 rings (SSSR count). The van der Waals surface area contributed by atoms with Crippen molar-refractivity contribution in [2.45, 2.75) is 36.6 Å². The summed E-state index contributed by atoms with van der Waals surface area (Å²) in [4.78, 5) is 13.2. The van der Waals surface area contributed by atoms with Gasteiger partial charge in [0, 0.05) is 30.1 Å². The normalized spacial score (nSPS) is 14.4. The van der Waals surface area contributed by atoms with Crippen LogP contribution in [-0.4, -0.2) is 34.0 Å². The molecule has 9 nitrogen and oxygen atoms in total. The van der Waals surface area contributed by atoms with Gasteiger partial charge in [-0.15, -0.1) is 0 Å². The highest BCUT2D eigenvalue weighted by molar-refractivity contribution is 7.85. The van der Waals surface area contributed by atoms with Crippen molar-refractivity contribution in [1.29, 1.82) is 0 Å². The summed E-state index contributed by atoms with van der Waals surface area (Å²) >= 11 is 0. The Morgan fingerprint density at radius 3 is 2.43 bits per heavy atom. The van der Waals surface area contributed by atoms with Gasteiger partial charge in [0.25, 0.3) is 10.1 Å². The average Bonchev–Trinajstić information content (AvgIpc) is 3.25. The van der Waals surface area contributed by atoms with Crippen LogP contribution in [-0.2, 0) is 10.1 Å². The third kappa shape index (κ3) is 5.02. The fraction of sp³-hybridized carbons (Fsp3) is 0.250. The van der Waals surface area contributed by atoms with Gasteiger partial charge in [-0.3, -0.25) is 20.4 Å². The van der Waals surface area contributed by atoms with Crippen LogP contribution < -0.4 is 16.2 Å². The van der Waals surface area contributed by atoms with Crippen molar-refractivity contribution in [2.24, 2.45) is 0 Å². The van der Waals surface area contributed by atoms with Crippen molar-refractivity contribution >= 4 is 27.6 Å². The monoisotopic (exact) mass is 426 g/mol. The number of aromatic nitrogens is 3. The van der Waals surface area contributed by atoms with Gasteiger partial charge in [0.2, 0.25) is 5.95 Å². The standard InChI is InChI=1S/C20H22N6O3S/c27-30(28,29)17-9-7-16(8-10-17)25-26-19-12-18(14-4-3-11-21-13-14)23-20(24-19)22-15-5-1-2-6-15/h3-4,7-13,15,25H,1-2,5-6H2,(H,27,28,29)(H2,22,23,24,26). The van der Waals surface area contributed by atoms with E-state index in [-0.39, 0.29) is 4.90 Å². The molecule has 0 unspecified atom stereocenters. The van der Waals surface area contributed by atoms with Crippen molar-refractivity contribution in [3.63, 3.8) is 0 Å². The van der Waals surface area contributed by atoms with E-state index >= 15 is 0 Å². The molecule has 1 saturated carbocycles. The van der Waals surface area contributed by atoms with Crippen molar-refractivity contribution in [1.82, 2.24) is 15.0 Å². The number of benzene rings is 1. The van der Waals surface area contributed by atoms with Crippen LogP contribution in [0.15, 0.2) is 59.8 Å². The molecule has 2 aromatic heterocycles. The minimum absolute atomic E-state index is 0.169. The van der Waals surface area contributed by atoms with Gasteiger partial charge >= 0.3 is 0 Å². The van der Waals surface area contributed by atoms with Gasteiger partial charge in [-0.1, -0.05) is 12.8 Å². The summed E-state index contributed by atoms with van der Waals surface area (Å²) in [7, 11) is -4.22. The fourth-order valence-electron chi connectivity index (χ4n) is 3.34. The van der Waals surface area contributed by atoms with Crippen molar-refractivity contribution in [3.05, 3.63) is 54.9 Å². The Hall–Kier alpha value is -3.24. The molecule has 0 bridgehead atoms. The van der Waals surface area contributed by atoms with Gasteiger partial charge in [-0.2, -0.15) is 13.4 Å². The number of hydrogen-bond donors (Lipinski definition) is 4. The molecule has 156 valence electrons. The summed E-state index contributed by atoms with van der Waals surface area (Å²) in [6, 6.07) is 11.7. The van der Waals surface area contributed by atoms with Crippen LogP contribution in [0, 0.1) is 0 Å². The van der Waals surface area contributed by atoms with Crippen LogP contribution in [0.3, 0.4) is 0 Å². The maximum atomic E-state index is 11.2. The molecule has 1 aliphatic carbocycles. The zero-order valence-corrected chi connectivity index (χ0v) is 16.9. The first-order valence-electron chi connectivity index (χ1n) is 9.63. The first kappa shape index (κ1) is 20.0. The summed E-state index contributed by atoms with van der Waals surface area (Å²) in [6.45, 7) is 0. The summed E-state index contributed by atoms with van der Waals surface area (Å²) in [5, 5.41) is 3.41. The summed E-state index contributed by atoms with van der Waals surface area (Å²) < 4.78 is 31.4. The second-order valence-electron chi connectivity index (χ2n) is 7.08. The van der Waals surface area contributed by atoms with E-state index < -0.39 is 10.1 Å². The molecule has 0 spiro atoms. The van der Waals surface area contributed by atoms with E-state index in [2.05, 4.69) is 31.1 Å². The second kappa shape index (κ2) is 8.64. The van der Waals surface area contributed by atoms with E-state index in [1.807, 2.05) is 12.1 Å². The van der Waals surface area contributed by atoms with Gasteiger partial charge in [0.15, 0.2) is 5.82 Å². The maximum Gasteiger partial charge on any atom is 0.294 e. The van der Waals surface area contributed by atoms with Crippen LogP contribution in [0.4, 0.5) is 17.5 Å². The van der Waals surface area contributed by atoms with Crippen molar-refractivity contribution in [2.75, 3.05) is 16.2 Å². The van der Waals surface area contributed by atoms with Crippen LogP contribution in [0.2, 0.25) is 0 Å². The Labute approximate surface area is 174 Å². The number of pyridine rings is 1. The molecule has 0 radical (unpaired) electrons. The zero-order valence-electron chi connectivity index (χ0n) is 16.1. The molecule has 0 amide bonds. The molecular formula is C20H22N6O3S. The molecule has 1 aromatic carbocycles. The highest BCUT2D eigenvalue weighted by Gasteiger charge is 2.17. The topological polar surface area (TPSA) is 129 Å². The fourth-order valence-corrected chi connectivity index (χ4v) is 3.82. The quantitative estimate of drug-likeness (QED) is 0.331. The zero-order chi connectivity index (χ0) is 21.0. The van der Waals surface area contributed by atoms with Crippen LogP contribution >= 0.6 is 0 Å². The summed E-state index contributed by atoms with van der Waals surface area (Å²) in [6.07, 6.45) is 8.05. The van der Waals surface area contributed by atoms with E-state index in [0.717, 1.165) is 24.1 Å². The van der Waals surface area contributed by atoms with Gasteiger partial charge in [0.1, 0.15) is 0 Å². The Morgan fingerprint density at radius 1 is 1.00 bits per heavy atom. The first-order valence-corrected chi connectivity index (χ1v) is 11.1. The van der Waals surface area contributed by atoms with Gasteiger partial charge < -0.3 is 5.32 Å². The van der Waals surface area contributed by atoms with Gasteiger partial charge in [-0.05, 0) is 49.2 Å². The van der Waals surface area contributed by atoms with E-state index in [1.165, 1.54) is 37.1 Å². The lowest BCUT2D eigenvalue weighted by atomic mass is 10.2. The Balaban J connectivity index is 1.55. The predicted molar refractivity (Wildman–Crippen MR) is 115 cm³/mol. The molecule has 3 aromatic rings. The lowest BCUT2D eigenvalue weighted by Crippen LogP contribution is -2.18. The second-order valence-corrected chi connectivity index (χ2v) is 8.50. The van der Waals surface area contributed by atoms with Crippen LogP contribution in [0.25, 0.3) is 11.3 Å². The number of rotatable bonds is 7. The van der Waals surface area contributed by atoms with Gasteiger partial charge in [-0.25, -0.2) is 4.98 Å². The first-order chi connectivity index (χ1) is 14.5. The molecule has 0 atom stereocenters. The lowest BCUT2D eigenvalue weighted by Gasteiger charge is -2.15. The summed E-state index contributed by atoms with van der Waals surface area (Å²) in [5.41, 5.74) is 8.20. The van der Waals surface area contributed by atoms with Gasteiger partial charge in [0.05, 0.1) is 16.3 Å². The molecular weight excluding hydrogens is 404 g/mol. The van der Waals surface area contributed by atoms with E-state index in [1.54, 1.807) is 18.5 Å². The predicted octanol–water partition coefficient (Wildman–Crippen LogP) is 3.58.